The van der Waals surface area contributed by atoms with Gasteiger partial charge in [-0.15, -0.1) is 0 Å². The standard InChI is InChI=1S/C9H10N2OS2.H2O/c12-10-9-11(5-6-13)7-3-1-2-4-8(7)14-9;/h1-4,12-13H,5-6H2;1H2/b10-9+;. The van der Waals surface area contributed by atoms with E-state index in [4.69, 9.17) is 5.21 Å². The van der Waals surface area contributed by atoms with E-state index in [1.54, 1.807) is 0 Å². The summed E-state index contributed by atoms with van der Waals surface area (Å²) in [4.78, 5) is 0.625. The van der Waals surface area contributed by atoms with E-state index in [2.05, 4.69) is 17.8 Å². The van der Waals surface area contributed by atoms with Crippen LogP contribution in [0.15, 0.2) is 29.4 Å². The zero-order valence-corrected chi connectivity index (χ0v) is 9.63. The van der Waals surface area contributed by atoms with Crippen LogP contribution in [0.1, 0.15) is 0 Å². The Labute approximate surface area is 96.2 Å². The molecule has 0 saturated heterocycles. The van der Waals surface area contributed by atoms with E-state index in [1.165, 1.54) is 11.3 Å². The van der Waals surface area contributed by atoms with Crippen molar-refractivity contribution in [3.8, 4) is 0 Å². The summed E-state index contributed by atoms with van der Waals surface area (Å²) in [5.41, 5.74) is 1.10. The zero-order chi connectivity index (χ0) is 9.97. The Bertz CT molecular complexity index is 504. The van der Waals surface area contributed by atoms with Crippen molar-refractivity contribution in [1.29, 1.82) is 0 Å². The summed E-state index contributed by atoms with van der Waals surface area (Å²) in [5.74, 6) is 0.730. The molecule has 82 valence electrons. The summed E-state index contributed by atoms with van der Waals surface area (Å²) in [6.45, 7) is 0.756. The van der Waals surface area contributed by atoms with Gasteiger partial charge in [0.15, 0.2) is 0 Å². The van der Waals surface area contributed by atoms with Crippen molar-refractivity contribution in [3.63, 3.8) is 0 Å². The summed E-state index contributed by atoms with van der Waals surface area (Å²) >= 11 is 5.66. The largest absolute Gasteiger partial charge is 0.412 e. The molecule has 0 atom stereocenters. The van der Waals surface area contributed by atoms with Gasteiger partial charge in [-0.3, -0.25) is 0 Å². The van der Waals surface area contributed by atoms with Gasteiger partial charge in [0.05, 0.1) is 10.2 Å². The first-order chi connectivity index (χ1) is 6.86. The van der Waals surface area contributed by atoms with Gasteiger partial charge in [-0.05, 0) is 12.1 Å². The molecule has 15 heavy (non-hydrogen) atoms. The van der Waals surface area contributed by atoms with E-state index in [0.29, 0.717) is 4.80 Å². The number of para-hydroxylation sites is 1. The fourth-order valence-corrected chi connectivity index (χ4v) is 2.58. The van der Waals surface area contributed by atoms with Crippen molar-refractivity contribution in [1.82, 2.24) is 4.57 Å². The monoisotopic (exact) mass is 244 g/mol. The molecule has 0 bridgehead atoms. The molecule has 0 fully saturated rings. The van der Waals surface area contributed by atoms with Crippen LogP contribution < -0.4 is 4.80 Å². The van der Waals surface area contributed by atoms with Gasteiger partial charge >= 0.3 is 0 Å². The number of fused-ring (bicyclic) bond motifs is 1. The first-order valence-corrected chi connectivity index (χ1v) is 5.69. The maximum Gasteiger partial charge on any atom is 0.228 e. The van der Waals surface area contributed by atoms with Crippen LogP contribution in [0.4, 0.5) is 0 Å². The number of thiol groups is 1. The molecule has 0 radical (unpaired) electrons. The fraction of sp³-hybridized carbons (Fsp3) is 0.222. The minimum absolute atomic E-state index is 0. The molecule has 2 rings (SSSR count). The topological polar surface area (TPSA) is 69.0 Å². The summed E-state index contributed by atoms with van der Waals surface area (Å²) < 4.78 is 3.09. The normalized spacial score (nSPS) is 11.7. The Hall–Kier alpha value is -0.980. The molecule has 1 heterocycles. The number of hydrogen-bond donors (Lipinski definition) is 2. The predicted octanol–water partition coefficient (Wildman–Crippen LogP) is 1.10. The smallest absolute Gasteiger partial charge is 0.228 e. The molecule has 6 heteroatoms. The minimum atomic E-state index is 0. The van der Waals surface area contributed by atoms with Crippen LogP contribution in [0.2, 0.25) is 0 Å². The van der Waals surface area contributed by atoms with E-state index in [0.717, 1.165) is 22.5 Å². The number of hydrogen-bond acceptors (Lipinski definition) is 4. The van der Waals surface area contributed by atoms with Gasteiger partial charge in [-0.25, -0.2) is 0 Å². The van der Waals surface area contributed by atoms with Gasteiger partial charge in [-0.2, -0.15) is 12.6 Å². The van der Waals surface area contributed by atoms with E-state index in [9.17, 15) is 0 Å². The summed E-state index contributed by atoms with van der Waals surface area (Å²) in [7, 11) is 0. The number of aryl methyl sites for hydroxylation is 1. The number of benzene rings is 1. The summed E-state index contributed by atoms with van der Waals surface area (Å²) in [6, 6.07) is 7.99. The van der Waals surface area contributed by atoms with E-state index in [1.807, 2.05) is 28.8 Å². The maximum absolute atomic E-state index is 8.84. The lowest BCUT2D eigenvalue weighted by Gasteiger charge is -2.00. The van der Waals surface area contributed by atoms with Crippen LogP contribution in [0.25, 0.3) is 10.2 Å². The Morgan fingerprint density at radius 1 is 1.40 bits per heavy atom. The van der Waals surface area contributed by atoms with Crippen LogP contribution in [0.3, 0.4) is 0 Å². The maximum atomic E-state index is 8.84. The van der Waals surface area contributed by atoms with Crippen molar-refractivity contribution in [3.05, 3.63) is 29.1 Å². The van der Waals surface area contributed by atoms with Gasteiger partial charge in [0.2, 0.25) is 4.80 Å². The van der Waals surface area contributed by atoms with Crippen molar-refractivity contribution >= 4 is 34.2 Å². The molecule has 1 aromatic carbocycles. The quantitative estimate of drug-likeness (QED) is 0.463. The molecule has 2 aromatic rings. The fourth-order valence-electron chi connectivity index (χ4n) is 1.41. The third-order valence-electron chi connectivity index (χ3n) is 2.00. The average molecular weight is 244 g/mol. The van der Waals surface area contributed by atoms with E-state index in [-0.39, 0.29) is 5.48 Å². The zero-order valence-electron chi connectivity index (χ0n) is 7.92. The lowest BCUT2D eigenvalue weighted by atomic mass is 10.3. The van der Waals surface area contributed by atoms with Crippen molar-refractivity contribution < 1.29 is 10.7 Å². The lowest BCUT2D eigenvalue weighted by molar-refractivity contribution is 0.297. The Morgan fingerprint density at radius 3 is 2.80 bits per heavy atom. The SMILES string of the molecule is O.O/N=c1/sc2ccccc2n1CCS. The van der Waals surface area contributed by atoms with E-state index >= 15 is 0 Å². The second-order valence-corrected chi connectivity index (χ2v) is 4.28. The molecular weight excluding hydrogens is 232 g/mol. The molecule has 0 unspecified atom stereocenters. The Balaban J connectivity index is 0.00000112. The van der Waals surface area contributed by atoms with Gasteiger partial charge in [-0.1, -0.05) is 28.6 Å². The number of thiazole rings is 1. The first-order valence-electron chi connectivity index (χ1n) is 4.24. The Kier molecular flexibility index (Phi) is 4.19. The third kappa shape index (κ3) is 2.17. The lowest BCUT2D eigenvalue weighted by Crippen LogP contribution is -2.15. The van der Waals surface area contributed by atoms with Gasteiger partial charge < -0.3 is 15.3 Å². The highest BCUT2D eigenvalue weighted by atomic mass is 32.1. The highest BCUT2D eigenvalue weighted by molar-refractivity contribution is 7.80. The van der Waals surface area contributed by atoms with Gasteiger partial charge in [0.1, 0.15) is 0 Å². The van der Waals surface area contributed by atoms with Crippen LogP contribution in [-0.2, 0) is 6.54 Å². The average Bonchev–Trinajstić information content (AvgIpc) is 2.58. The molecule has 4 nitrogen and oxygen atoms in total. The Morgan fingerprint density at radius 2 is 2.13 bits per heavy atom. The minimum Gasteiger partial charge on any atom is -0.412 e. The number of nitrogens with zero attached hydrogens (tertiary/aromatic N) is 2. The number of aromatic nitrogens is 1. The third-order valence-corrected chi connectivity index (χ3v) is 3.25. The van der Waals surface area contributed by atoms with Crippen LogP contribution in [0.5, 0.6) is 0 Å². The summed E-state index contributed by atoms with van der Waals surface area (Å²) in [6.07, 6.45) is 0. The molecule has 0 spiro atoms. The summed E-state index contributed by atoms with van der Waals surface area (Å²) in [5, 5.41) is 12.1. The second-order valence-electron chi connectivity index (χ2n) is 2.83. The van der Waals surface area contributed by atoms with Crippen molar-refractivity contribution in [2.45, 2.75) is 6.54 Å². The molecule has 0 amide bonds. The van der Waals surface area contributed by atoms with Crippen molar-refractivity contribution in [2.24, 2.45) is 5.16 Å². The van der Waals surface area contributed by atoms with Gasteiger partial charge in [0.25, 0.3) is 0 Å². The highest BCUT2D eigenvalue weighted by Gasteiger charge is 2.03. The van der Waals surface area contributed by atoms with Gasteiger partial charge in [0, 0.05) is 12.3 Å². The van der Waals surface area contributed by atoms with Crippen LogP contribution >= 0.6 is 24.0 Å². The van der Waals surface area contributed by atoms with E-state index < -0.39 is 0 Å². The number of rotatable bonds is 2. The van der Waals surface area contributed by atoms with Crippen LogP contribution in [0, 0.1) is 0 Å². The molecule has 0 aliphatic carbocycles. The first kappa shape index (κ1) is 12.1. The molecule has 0 saturated carbocycles. The second kappa shape index (κ2) is 5.20. The molecule has 0 aliphatic rings. The van der Waals surface area contributed by atoms with Crippen LogP contribution in [-0.4, -0.2) is 21.0 Å². The molecule has 1 aromatic heterocycles. The molecule has 3 N–H and O–H groups in total. The predicted molar refractivity (Wildman–Crippen MR) is 64.6 cm³/mol. The molecular formula is C9H12N2O2S2. The van der Waals surface area contributed by atoms with Crippen molar-refractivity contribution in [2.75, 3.05) is 5.75 Å². The highest BCUT2D eigenvalue weighted by Crippen LogP contribution is 2.16. The molecule has 0 aliphatic heterocycles.